The average Bonchev–Trinajstić information content (AvgIpc) is 1.96. The van der Waals surface area contributed by atoms with Gasteiger partial charge < -0.3 is 20.9 Å². The van der Waals surface area contributed by atoms with Crippen molar-refractivity contribution in [3.8, 4) is 0 Å². The number of carboxylic acid groups (broad SMARTS) is 1. The summed E-state index contributed by atoms with van der Waals surface area (Å²) in [4.78, 5) is 21.3. The Balaban J connectivity index is 3.81. The highest BCUT2D eigenvalue weighted by Crippen LogP contribution is 2.06. The number of hydrogen-bond acceptors (Lipinski definition) is 4. The molecule has 0 fully saturated rings. The van der Waals surface area contributed by atoms with E-state index in [0.29, 0.717) is 0 Å². The van der Waals surface area contributed by atoms with Crippen LogP contribution in [-0.2, 0) is 9.53 Å². The number of carbonyl (C=O) groups is 2. The van der Waals surface area contributed by atoms with Gasteiger partial charge in [0.1, 0.15) is 11.6 Å². The van der Waals surface area contributed by atoms with E-state index in [0.717, 1.165) is 0 Å². The number of aliphatic carboxylic acids is 1. The summed E-state index contributed by atoms with van der Waals surface area (Å²) in [5, 5.41) is 10.7. The van der Waals surface area contributed by atoms with Crippen LogP contribution in [0.1, 0.15) is 20.8 Å². The SMILES string of the molecule is CC(C)(C)OC(=O)NC[C@H](N)C(=O)O. The minimum atomic E-state index is -1.17. The lowest BCUT2D eigenvalue weighted by Crippen LogP contribution is -2.44. The maximum absolute atomic E-state index is 11.0. The fraction of sp³-hybridized carbons (Fsp3) is 0.750. The molecule has 0 saturated heterocycles. The molecule has 6 heteroatoms. The molecule has 1 amide bonds. The van der Waals surface area contributed by atoms with E-state index in [4.69, 9.17) is 15.6 Å². The number of ether oxygens (including phenoxy) is 1. The smallest absolute Gasteiger partial charge is 0.407 e. The van der Waals surface area contributed by atoms with Gasteiger partial charge in [0.25, 0.3) is 0 Å². The molecule has 0 aliphatic rings. The topological polar surface area (TPSA) is 102 Å². The Kier molecular flexibility index (Phi) is 4.36. The van der Waals surface area contributed by atoms with Crippen molar-refractivity contribution in [1.29, 1.82) is 0 Å². The van der Waals surface area contributed by atoms with Gasteiger partial charge in [0.2, 0.25) is 0 Å². The van der Waals surface area contributed by atoms with Gasteiger partial charge >= 0.3 is 12.1 Å². The molecule has 4 N–H and O–H groups in total. The zero-order valence-electron chi connectivity index (χ0n) is 8.53. The molecule has 0 radical (unpaired) electrons. The van der Waals surface area contributed by atoms with E-state index in [1.807, 2.05) is 0 Å². The molecule has 82 valence electrons. The van der Waals surface area contributed by atoms with Crippen LogP contribution in [0.25, 0.3) is 0 Å². The van der Waals surface area contributed by atoms with Crippen LogP contribution < -0.4 is 11.1 Å². The molecule has 0 saturated carbocycles. The van der Waals surface area contributed by atoms with Gasteiger partial charge in [0.05, 0.1) is 0 Å². The summed E-state index contributed by atoms with van der Waals surface area (Å²) >= 11 is 0. The van der Waals surface area contributed by atoms with Gasteiger partial charge in [-0.3, -0.25) is 4.79 Å². The van der Waals surface area contributed by atoms with Gasteiger partial charge in [0, 0.05) is 6.54 Å². The Morgan fingerprint density at radius 1 is 1.50 bits per heavy atom. The number of carbonyl (C=O) groups excluding carboxylic acids is 1. The lowest BCUT2D eigenvalue weighted by atomic mass is 10.2. The van der Waals surface area contributed by atoms with Crippen LogP contribution in [0, 0.1) is 0 Å². The van der Waals surface area contributed by atoms with E-state index in [2.05, 4.69) is 5.32 Å². The van der Waals surface area contributed by atoms with Gasteiger partial charge in [-0.15, -0.1) is 0 Å². The minimum Gasteiger partial charge on any atom is -0.480 e. The van der Waals surface area contributed by atoms with Crippen molar-refractivity contribution in [2.75, 3.05) is 6.54 Å². The zero-order valence-corrected chi connectivity index (χ0v) is 8.53. The second-order valence-electron chi connectivity index (χ2n) is 3.83. The standard InChI is InChI=1S/C8H16N2O4/c1-8(2,3)14-7(13)10-4-5(9)6(11)12/h5H,4,9H2,1-3H3,(H,10,13)(H,11,12)/t5-/m0/s1. The highest BCUT2D eigenvalue weighted by atomic mass is 16.6. The van der Waals surface area contributed by atoms with Crippen molar-refractivity contribution in [3.05, 3.63) is 0 Å². The van der Waals surface area contributed by atoms with Crippen LogP contribution >= 0.6 is 0 Å². The number of alkyl carbamates (subject to hydrolysis) is 1. The number of amides is 1. The highest BCUT2D eigenvalue weighted by molar-refractivity contribution is 5.75. The third-order valence-electron chi connectivity index (χ3n) is 1.18. The molecule has 0 aliphatic heterocycles. The first-order valence-electron chi connectivity index (χ1n) is 4.17. The van der Waals surface area contributed by atoms with Crippen LogP contribution in [0.3, 0.4) is 0 Å². The minimum absolute atomic E-state index is 0.149. The van der Waals surface area contributed by atoms with Gasteiger partial charge in [0.15, 0.2) is 0 Å². The molecular formula is C8H16N2O4. The van der Waals surface area contributed by atoms with Gasteiger partial charge in [-0.05, 0) is 20.8 Å². The molecule has 0 aromatic heterocycles. The summed E-state index contributed by atoms with van der Waals surface area (Å²) in [5.74, 6) is -1.17. The Hall–Kier alpha value is -1.30. The molecule has 6 nitrogen and oxygen atoms in total. The van der Waals surface area contributed by atoms with E-state index in [1.54, 1.807) is 20.8 Å². The fourth-order valence-electron chi connectivity index (χ4n) is 0.595. The molecule has 0 aromatic rings. The normalized spacial score (nSPS) is 13.1. The first-order chi connectivity index (χ1) is 6.22. The summed E-state index contributed by atoms with van der Waals surface area (Å²) < 4.78 is 4.87. The Morgan fingerprint density at radius 2 is 2.00 bits per heavy atom. The summed E-state index contributed by atoms with van der Waals surface area (Å²) in [6, 6.07) is -1.11. The molecule has 0 aromatic carbocycles. The fourth-order valence-corrected chi connectivity index (χ4v) is 0.595. The molecular weight excluding hydrogens is 188 g/mol. The van der Waals surface area contributed by atoms with Crippen LogP contribution in [0.5, 0.6) is 0 Å². The lowest BCUT2D eigenvalue weighted by Gasteiger charge is -2.20. The molecule has 1 atom stereocenters. The summed E-state index contributed by atoms with van der Waals surface area (Å²) in [6.07, 6.45) is -0.672. The number of carboxylic acids is 1. The molecule has 0 rings (SSSR count). The number of nitrogens with two attached hydrogens (primary N) is 1. The van der Waals surface area contributed by atoms with Gasteiger partial charge in [-0.1, -0.05) is 0 Å². The first kappa shape index (κ1) is 12.7. The second-order valence-corrected chi connectivity index (χ2v) is 3.83. The van der Waals surface area contributed by atoms with E-state index in [9.17, 15) is 9.59 Å². The van der Waals surface area contributed by atoms with Crippen molar-refractivity contribution in [1.82, 2.24) is 5.32 Å². The summed E-state index contributed by atoms with van der Waals surface area (Å²) in [6.45, 7) is 4.99. The van der Waals surface area contributed by atoms with E-state index >= 15 is 0 Å². The van der Waals surface area contributed by atoms with Crippen LogP contribution in [-0.4, -0.2) is 35.4 Å². The Morgan fingerprint density at radius 3 is 2.36 bits per heavy atom. The van der Waals surface area contributed by atoms with Crippen molar-refractivity contribution in [3.63, 3.8) is 0 Å². The largest absolute Gasteiger partial charge is 0.480 e. The van der Waals surface area contributed by atoms with Crippen molar-refractivity contribution in [2.45, 2.75) is 32.4 Å². The molecule has 0 spiro atoms. The van der Waals surface area contributed by atoms with Crippen LogP contribution in [0.4, 0.5) is 4.79 Å². The van der Waals surface area contributed by atoms with Crippen LogP contribution in [0.15, 0.2) is 0 Å². The summed E-state index contributed by atoms with van der Waals surface area (Å²) in [7, 11) is 0. The number of nitrogens with one attached hydrogen (secondary N) is 1. The monoisotopic (exact) mass is 204 g/mol. The number of hydrogen-bond donors (Lipinski definition) is 3. The molecule has 0 bridgehead atoms. The molecule has 0 aliphatic carbocycles. The Bertz CT molecular complexity index is 222. The maximum Gasteiger partial charge on any atom is 0.407 e. The highest BCUT2D eigenvalue weighted by Gasteiger charge is 2.18. The van der Waals surface area contributed by atoms with Crippen LogP contribution in [0.2, 0.25) is 0 Å². The quantitative estimate of drug-likeness (QED) is 0.597. The van der Waals surface area contributed by atoms with E-state index in [-0.39, 0.29) is 6.54 Å². The van der Waals surface area contributed by atoms with E-state index < -0.39 is 23.7 Å². The van der Waals surface area contributed by atoms with Gasteiger partial charge in [-0.25, -0.2) is 4.79 Å². The maximum atomic E-state index is 11.0. The van der Waals surface area contributed by atoms with Crippen molar-refractivity contribution in [2.24, 2.45) is 5.73 Å². The lowest BCUT2D eigenvalue weighted by molar-refractivity contribution is -0.138. The second kappa shape index (κ2) is 4.80. The Labute approximate surface area is 82.4 Å². The first-order valence-corrected chi connectivity index (χ1v) is 4.17. The average molecular weight is 204 g/mol. The zero-order chi connectivity index (χ0) is 11.4. The van der Waals surface area contributed by atoms with Crippen molar-refractivity contribution < 1.29 is 19.4 Å². The third kappa shape index (κ3) is 6.24. The predicted octanol–water partition coefficient (Wildman–Crippen LogP) is -0.0770. The van der Waals surface area contributed by atoms with Crippen molar-refractivity contribution >= 4 is 12.1 Å². The summed E-state index contributed by atoms with van der Waals surface area (Å²) in [5.41, 5.74) is 4.56. The van der Waals surface area contributed by atoms with E-state index in [1.165, 1.54) is 0 Å². The molecule has 0 unspecified atom stereocenters. The predicted molar refractivity (Wildman–Crippen MR) is 49.8 cm³/mol. The number of rotatable bonds is 3. The third-order valence-corrected chi connectivity index (χ3v) is 1.18. The van der Waals surface area contributed by atoms with Gasteiger partial charge in [-0.2, -0.15) is 0 Å². The molecule has 0 heterocycles. The molecule has 14 heavy (non-hydrogen) atoms.